The van der Waals surface area contributed by atoms with Crippen molar-refractivity contribution in [2.75, 3.05) is 18.4 Å². The van der Waals surface area contributed by atoms with Crippen LogP contribution in [0.2, 0.25) is 0 Å². The fourth-order valence-corrected chi connectivity index (χ4v) is 3.73. The maximum Gasteiger partial charge on any atom is 0.271 e. The summed E-state index contributed by atoms with van der Waals surface area (Å²) in [6.07, 6.45) is 3.03. The molecule has 0 fully saturated rings. The number of ether oxygens (including phenoxy) is 1. The highest BCUT2D eigenvalue weighted by Crippen LogP contribution is 2.22. The Balaban J connectivity index is 2.09. The SMILES string of the molecule is COCCn1cc(NS(=O)(=O)c2cc(CO)cs2)cn1. The molecule has 110 valence electrons. The van der Waals surface area contributed by atoms with Crippen molar-refractivity contribution in [3.8, 4) is 0 Å². The van der Waals surface area contributed by atoms with Crippen LogP contribution in [0.15, 0.2) is 28.0 Å². The molecule has 20 heavy (non-hydrogen) atoms. The third-order valence-corrected chi connectivity index (χ3v) is 5.36. The predicted molar refractivity (Wildman–Crippen MR) is 75.2 cm³/mol. The molecule has 0 amide bonds. The van der Waals surface area contributed by atoms with Crippen molar-refractivity contribution < 1.29 is 18.3 Å². The van der Waals surface area contributed by atoms with Gasteiger partial charge in [-0.2, -0.15) is 5.10 Å². The highest BCUT2D eigenvalue weighted by atomic mass is 32.2. The minimum atomic E-state index is -3.64. The summed E-state index contributed by atoms with van der Waals surface area (Å²) in [6.45, 7) is 0.867. The van der Waals surface area contributed by atoms with Crippen LogP contribution in [-0.2, 0) is 27.9 Å². The summed E-state index contributed by atoms with van der Waals surface area (Å²) in [5.74, 6) is 0. The maximum atomic E-state index is 12.1. The summed E-state index contributed by atoms with van der Waals surface area (Å²) in [5, 5.41) is 14.6. The van der Waals surface area contributed by atoms with Crippen molar-refractivity contribution in [1.82, 2.24) is 9.78 Å². The molecule has 0 bridgehead atoms. The number of nitrogens with one attached hydrogen (secondary N) is 1. The second kappa shape index (κ2) is 6.35. The number of methoxy groups -OCH3 is 1. The molecule has 2 heterocycles. The zero-order valence-electron chi connectivity index (χ0n) is 10.8. The molecule has 0 radical (unpaired) electrons. The van der Waals surface area contributed by atoms with E-state index < -0.39 is 10.0 Å². The number of aliphatic hydroxyl groups excluding tert-OH is 1. The third-order valence-electron chi connectivity index (χ3n) is 2.49. The number of thiophene rings is 1. The molecule has 2 aromatic heterocycles. The zero-order valence-corrected chi connectivity index (χ0v) is 12.4. The summed E-state index contributed by atoms with van der Waals surface area (Å²) in [4.78, 5) is 0. The van der Waals surface area contributed by atoms with E-state index in [0.29, 0.717) is 24.4 Å². The third kappa shape index (κ3) is 3.57. The van der Waals surface area contributed by atoms with E-state index in [2.05, 4.69) is 9.82 Å². The zero-order chi connectivity index (χ0) is 14.6. The molecule has 0 saturated carbocycles. The van der Waals surface area contributed by atoms with Gasteiger partial charge in [0.2, 0.25) is 0 Å². The van der Waals surface area contributed by atoms with Gasteiger partial charge >= 0.3 is 0 Å². The molecular weight excluding hydrogens is 302 g/mol. The lowest BCUT2D eigenvalue weighted by Crippen LogP contribution is -2.11. The molecule has 0 aliphatic heterocycles. The number of aliphatic hydroxyl groups is 1. The van der Waals surface area contributed by atoms with E-state index in [1.807, 2.05) is 0 Å². The van der Waals surface area contributed by atoms with Gasteiger partial charge in [-0.15, -0.1) is 11.3 Å². The van der Waals surface area contributed by atoms with Crippen LogP contribution in [0, 0.1) is 0 Å². The Labute approximate surface area is 120 Å². The van der Waals surface area contributed by atoms with E-state index >= 15 is 0 Å². The molecule has 9 heteroatoms. The first-order chi connectivity index (χ1) is 9.55. The summed E-state index contributed by atoms with van der Waals surface area (Å²) in [5.41, 5.74) is 0.964. The van der Waals surface area contributed by atoms with E-state index in [1.54, 1.807) is 23.4 Å². The van der Waals surface area contributed by atoms with E-state index in [9.17, 15) is 8.42 Å². The van der Waals surface area contributed by atoms with Crippen molar-refractivity contribution >= 4 is 27.0 Å². The second-order valence-electron chi connectivity index (χ2n) is 4.02. The van der Waals surface area contributed by atoms with Crippen molar-refractivity contribution in [2.24, 2.45) is 0 Å². The average Bonchev–Trinajstić information content (AvgIpc) is 3.04. The Morgan fingerprint density at radius 3 is 3.00 bits per heavy atom. The topological polar surface area (TPSA) is 93.5 Å². The van der Waals surface area contributed by atoms with Crippen LogP contribution in [-0.4, -0.2) is 37.0 Å². The molecule has 0 spiro atoms. The molecule has 0 aliphatic carbocycles. The summed E-state index contributed by atoms with van der Waals surface area (Å²) in [7, 11) is -2.05. The first-order valence-corrected chi connectivity index (χ1v) is 8.14. The Bertz CT molecular complexity index is 663. The highest BCUT2D eigenvalue weighted by molar-refractivity contribution is 7.94. The smallest absolute Gasteiger partial charge is 0.271 e. The monoisotopic (exact) mass is 317 g/mol. The van der Waals surface area contributed by atoms with Gasteiger partial charge in [-0.3, -0.25) is 9.40 Å². The predicted octanol–water partition coefficient (Wildman–Crippen LogP) is 0.884. The fourth-order valence-electron chi connectivity index (χ4n) is 1.51. The second-order valence-corrected chi connectivity index (χ2v) is 6.84. The Hall–Kier alpha value is -1.42. The summed E-state index contributed by atoms with van der Waals surface area (Å²) >= 11 is 1.06. The number of hydrogen-bond acceptors (Lipinski definition) is 6. The standard InChI is InChI=1S/C11H15N3O4S2/c1-18-3-2-14-6-10(5-12-14)13-20(16,17)11-4-9(7-15)8-19-11/h4-6,8,13,15H,2-3,7H2,1H3. The van der Waals surface area contributed by atoms with Crippen LogP contribution in [0.25, 0.3) is 0 Å². The number of anilines is 1. The van der Waals surface area contributed by atoms with Gasteiger partial charge in [0.05, 0.1) is 31.6 Å². The lowest BCUT2D eigenvalue weighted by atomic mass is 10.4. The Morgan fingerprint density at radius 1 is 1.55 bits per heavy atom. The van der Waals surface area contributed by atoms with Gasteiger partial charge in [-0.05, 0) is 17.0 Å². The van der Waals surface area contributed by atoms with Crippen LogP contribution in [0.3, 0.4) is 0 Å². The largest absolute Gasteiger partial charge is 0.392 e. The molecule has 0 aliphatic rings. The molecule has 7 nitrogen and oxygen atoms in total. The minimum absolute atomic E-state index is 0.159. The van der Waals surface area contributed by atoms with Crippen LogP contribution in [0.5, 0.6) is 0 Å². The van der Waals surface area contributed by atoms with Gasteiger partial charge in [-0.25, -0.2) is 8.42 Å². The molecule has 0 saturated heterocycles. The van der Waals surface area contributed by atoms with Crippen LogP contribution >= 0.6 is 11.3 Å². The van der Waals surface area contributed by atoms with Crippen LogP contribution in [0.4, 0.5) is 5.69 Å². The lowest BCUT2D eigenvalue weighted by Gasteiger charge is -2.02. The van der Waals surface area contributed by atoms with Crippen LogP contribution < -0.4 is 4.72 Å². The molecule has 0 atom stereocenters. The normalized spacial score (nSPS) is 11.7. The van der Waals surface area contributed by atoms with Gasteiger partial charge < -0.3 is 9.84 Å². The molecule has 0 unspecified atom stereocenters. The van der Waals surface area contributed by atoms with Gasteiger partial charge in [0.1, 0.15) is 4.21 Å². The van der Waals surface area contributed by atoms with Crippen LogP contribution in [0.1, 0.15) is 5.56 Å². The summed E-state index contributed by atoms with van der Waals surface area (Å²) < 4.78 is 33.3. The quantitative estimate of drug-likeness (QED) is 0.791. The number of nitrogens with zero attached hydrogens (tertiary/aromatic N) is 2. The number of sulfonamides is 1. The van der Waals surface area contributed by atoms with Gasteiger partial charge in [0.15, 0.2) is 0 Å². The van der Waals surface area contributed by atoms with Gasteiger partial charge in [0, 0.05) is 13.3 Å². The maximum absolute atomic E-state index is 12.1. The van der Waals surface area contributed by atoms with Gasteiger partial charge in [-0.1, -0.05) is 0 Å². The minimum Gasteiger partial charge on any atom is -0.392 e. The van der Waals surface area contributed by atoms with E-state index in [-0.39, 0.29) is 10.8 Å². The number of aromatic nitrogens is 2. The van der Waals surface area contributed by atoms with E-state index in [1.165, 1.54) is 12.3 Å². The van der Waals surface area contributed by atoms with Crippen molar-refractivity contribution in [3.63, 3.8) is 0 Å². The molecule has 2 N–H and O–H groups in total. The first-order valence-electron chi connectivity index (χ1n) is 5.77. The molecule has 0 aromatic carbocycles. The molecule has 2 rings (SSSR count). The van der Waals surface area contributed by atoms with Gasteiger partial charge in [0.25, 0.3) is 10.0 Å². The summed E-state index contributed by atoms with van der Waals surface area (Å²) in [6, 6.07) is 1.45. The first kappa shape index (κ1) is 15.0. The lowest BCUT2D eigenvalue weighted by molar-refractivity contribution is 0.183. The number of rotatable bonds is 7. The Kier molecular flexibility index (Phi) is 4.76. The number of hydrogen-bond donors (Lipinski definition) is 2. The molecular formula is C11H15N3O4S2. The van der Waals surface area contributed by atoms with Crippen molar-refractivity contribution in [1.29, 1.82) is 0 Å². The van der Waals surface area contributed by atoms with Crippen molar-refractivity contribution in [3.05, 3.63) is 29.4 Å². The fraction of sp³-hybridized carbons (Fsp3) is 0.364. The van der Waals surface area contributed by atoms with E-state index in [0.717, 1.165) is 11.3 Å². The molecule has 2 aromatic rings. The van der Waals surface area contributed by atoms with E-state index in [4.69, 9.17) is 9.84 Å². The Morgan fingerprint density at radius 2 is 2.35 bits per heavy atom. The average molecular weight is 317 g/mol. The highest BCUT2D eigenvalue weighted by Gasteiger charge is 2.17. The van der Waals surface area contributed by atoms with Crippen molar-refractivity contribution in [2.45, 2.75) is 17.4 Å².